The first kappa shape index (κ1) is 7.16. The Morgan fingerprint density at radius 3 is 3.33 bits per heavy atom. The summed E-state index contributed by atoms with van der Waals surface area (Å²) in [5.41, 5.74) is 0.989. The Bertz CT molecular complexity index is 289. The van der Waals surface area contributed by atoms with E-state index in [2.05, 4.69) is 5.32 Å². The third-order valence-corrected chi connectivity index (χ3v) is 1.81. The molecule has 12 heavy (non-hydrogen) atoms. The lowest BCUT2D eigenvalue weighted by Gasteiger charge is -2.14. The number of amides is 1. The number of hydrogen-bond donors (Lipinski definition) is 1. The van der Waals surface area contributed by atoms with Gasteiger partial charge < -0.3 is 10.1 Å². The van der Waals surface area contributed by atoms with Crippen molar-refractivity contribution in [2.24, 2.45) is 0 Å². The fraction of sp³-hybridized carbons (Fsp3) is 0.222. The lowest BCUT2D eigenvalue weighted by atomic mass is 10.0. The minimum atomic E-state index is -0.0776. The number of fused-ring (bicyclic) bond motifs is 1. The number of allylic oxidation sites excluding steroid dienone is 2. The average molecular weight is 163 g/mol. The molecular formula is C9H9NO2. The summed E-state index contributed by atoms with van der Waals surface area (Å²) in [5, 5.41) is 2.81. The van der Waals surface area contributed by atoms with E-state index in [-0.39, 0.29) is 18.6 Å². The van der Waals surface area contributed by atoms with Crippen LogP contribution in [-0.2, 0) is 9.53 Å². The Balaban J connectivity index is 2.24. The van der Waals surface area contributed by atoms with Crippen molar-refractivity contribution in [1.82, 2.24) is 5.32 Å². The highest BCUT2D eigenvalue weighted by atomic mass is 16.5. The molecule has 1 N–H and O–H groups in total. The molecule has 2 rings (SSSR count). The van der Waals surface area contributed by atoms with Crippen LogP contribution >= 0.6 is 0 Å². The Labute approximate surface area is 70.4 Å². The summed E-state index contributed by atoms with van der Waals surface area (Å²) in [4.78, 5) is 11.0. The first-order valence-electron chi connectivity index (χ1n) is 3.82. The van der Waals surface area contributed by atoms with Crippen molar-refractivity contribution in [3.8, 4) is 0 Å². The van der Waals surface area contributed by atoms with Crippen LogP contribution in [0.2, 0.25) is 0 Å². The molecule has 3 nitrogen and oxygen atoms in total. The van der Waals surface area contributed by atoms with E-state index in [1.807, 2.05) is 24.3 Å². The quantitative estimate of drug-likeness (QED) is 0.565. The molecule has 0 saturated heterocycles. The zero-order valence-electron chi connectivity index (χ0n) is 6.49. The lowest BCUT2D eigenvalue weighted by Crippen LogP contribution is -2.35. The van der Waals surface area contributed by atoms with Gasteiger partial charge in [-0.05, 0) is 0 Å². The number of carbonyl (C=O) groups is 1. The molecule has 1 unspecified atom stereocenters. The van der Waals surface area contributed by atoms with Crippen LogP contribution in [0.3, 0.4) is 0 Å². The SMILES string of the molecule is O=C1COC=C2C=CC=CC2N1. The van der Waals surface area contributed by atoms with Crippen molar-refractivity contribution in [3.63, 3.8) is 0 Å². The second-order valence-corrected chi connectivity index (χ2v) is 2.72. The molecule has 0 saturated carbocycles. The molecule has 1 amide bonds. The van der Waals surface area contributed by atoms with E-state index in [1.165, 1.54) is 0 Å². The molecule has 62 valence electrons. The van der Waals surface area contributed by atoms with Gasteiger partial charge in [0, 0.05) is 5.57 Å². The molecule has 1 aliphatic carbocycles. The summed E-state index contributed by atoms with van der Waals surface area (Å²) in [7, 11) is 0. The predicted molar refractivity (Wildman–Crippen MR) is 44.2 cm³/mol. The van der Waals surface area contributed by atoms with Crippen molar-refractivity contribution in [2.75, 3.05) is 6.61 Å². The van der Waals surface area contributed by atoms with Gasteiger partial charge in [0.25, 0.3) is 5.91 Å². The fourth-order valence-electron chi connectivity index (χ4n) is 1.23. The summed E-state index contributed by atoms with van der Waals surface area (Å²) in [5.74, 6) is -0.0776. The van der Waals surface area contributed by atoms with Crippen LogP contribution in [-0.4, -0.2) is 18.6 Å². The summed E-state index contributed by atoms with van der Waals surface area (Å²) in [6.45, 7) is 0.113. The maximum atomic E-state index is 11.0. The van der Waals surface area contributed by atoms with Gasteiger partial charge in [-0.1, -0.05) is 24.3 Å². The van der Waals surface area contributed by atoms with E-state index < -0.39 is 0 Å². The highest BCUT2D eigenvalue weighted by Gasteiger charge is 2.17. The van der Waals surface area contributed by atoms with E-state index in [4.69, 9.17) is 4.74 Å². The van der Waals surface area contributed by atoms with Gasteiger partial charge in [-0.25, -0.2) is 0 Å². The second-order valence-electron chi connectivity index (χ2n) is 2.72. The van der Waals surface area contributed by atoms with E-state index in [0.717, 1.165) is 5.57 Å². The molecule has 0 radical (unpaired) electrons. The van der Waals surface area contributed by atoms with Gasteiger partial charge in [0.15, 0.2) is 6.61 Å². The molecular weight excluding hydrogens is 154 g/mol. The second kappa shape index (κ2) is 2.85. The predicted octanol–water partition coefficient (Wildman–Crippen LogP) is 0.511. The summed E-state index contributed by atoms with van der Waals surface area (Å²) < 4.78 is 5.02. The van der Waals surface area contributed by atoms with Gasteiger partial charge in [0.2, 0.25) is 0 Å². The molecule has 0 bridgehead atoms. The van der Waals surface area contributed by atoms with E-state index in [1.54, 1.807) is 6.26 Å². The van der Waals surface area contributed by atoms with E-state index in [9.17, 15) is 4.79 Å². The smallest absolute Gasteiger partial charge is 0.258 e. The summed E-state index contributed by atoms with van der Waals surface area (Å²) in [6.07, 6.45) is 9.31. The number of hydrogen-bond acceptors (Lipinski definition) is 2. The first-order valence-corrected chi connectivity index (χ1v) is 3.82. The Morgan fingerprint density at radius 2 is 2.42 bits per heavy atom. The Morgan fingerprint density at radius 1 is 1.50 bits per heavy atom. The topological polar surface area (TPSA) is 38.3 Å². The molecule has 1 aliphatic heterocycles. The van der Waals surface area contributed by atoms with Gasteiger partial charge in [0.05, 0.1) is 12.3 Å². The number of carbonyl (C=O) groups excluding carboxylic acids is 1. The van der Waals surface area contributed by atoms with Crippen molar-refractivity contribution in [2.45, 2.75) is 6.04 Å². The molecule has 1 atom stereocenters. The molecule has 1 heterocycles. The number of ether oxygens (including phenoxy) is 1. The van der Waals surface area contributed by atoms with E-state index in [0.29, 0.717) is 0 Å². The number of rotatable bonds is 0. The molecule has 3 heteroatoms. The van der Waals surface area contributed by atoms with Crippen LogP contribution in [0.15, 0.2) is 36.1 Å². The summed E-state index contributed by atoms with van der Waals surface area (Å²) >= 11 is 0. The minimum absolute atomic E-state index is 0.00926. The van der Waals surface area contributed by atoms with Crippen LogP contribution in [0.25, 0.3) is 0 Å². The Hall–Kier alpha value is -1.51. The number of nitrogens with one attached hydrogen (secondary N) is 1. The maximum absolute atomic E-state index is 11.0. The van der Waals surface area contributed by atoms with Gasteiger partial charge in [-0.15, -0.1) is 0 Å². The zero-order valence-corrected chi connectivity index (χ0v) is 6.49. The van der Waals surface area contributed by atoms with E-state index >= 15 is 0 Å². The van der Waals surface area contributed by atoms with Gasteiger partial charge in [-0.3, -0.25) is 4.79 Å². The molecule has 0 aromatic carbocycles. The Kier molecular flexibility index (Phi) is 1.70. The van der Waals surface area contributed by atoms with Crippen LogP contribution in [0.5, 0.6) is 0 Å². The van der Waals surface area contributed by atoms with Crippen LogP contribution in [0.1, 0.15) is 0 Å². The fourth-order valence-corrected chi connectivity index (χ4v) is 1.23. The molecule has 0 aromatic heterocycles. The average Bonchev–Trinajstić information content (AvgIpc) is 2.25. The first-order chi connectivity index (χ1) is 5.86. The standard InChI is InChI=1S/C9H9NO2/c11-9-6-12-5-7-3-1-2-4-8(7)10-9/h1-5,8H,6H2,(H,10,11). The molecule has 0 aromatic rings. The highest BCUT2D eigenvalue weighted by molar-refractivity contribution is 5.79. The minimum Gasteiger partial charge on any atom is -0.491 e. The van der Waals surface area contributed by atoms with Crippen LogP contribution < -0.4 is 5.32 Å². The largest absolute Gasteiger partial charge is 0.491 e. The highest BCUT2D eigenvalue weighted by Crippen LogP contribution is 2.13. The zero-order chi connectivity index (χ0) is 8.39. The normalized spacial score (nSPS) is 26.5. The van der Waals surface area contributed by atoms with Gasteiger partial charge in [0.1, 0.15) is 0 Å². The monoisotopic (exact) mass is 163 g/mol. The lowest BCUT2D eigenvalue weighted by molar-refractivity contribution is -0.123. The van der Waals surface area contributed by atoms with Crippen molar-refractivity contribution < 1.29 is 9.53 Å². The van der Waals surface area contributed by atoms with Crippen LogP contribution in [0, 0.1) is 0 Å². The summed E-state index contributed by atoms with van der Waals surface area (Å²) in [6, 6.07) is -0.00926. The maximum Gasteiger partial charge on any atom is 0.258 e. The van der Waals surface area contributed by atoms with Crippen LogP contribution in [0.4, 0.5) is 0 Å². The molecule has 0 fully saturated rings. The van der Waals surface area contributed by atoms with Crippen molar-refractivity contribution in [1.29, 1.82) is 0 Å². The van der Waals surface area contributed by atoms with Gasteiger partial charge >= 0.3 is 0 Å². The van der Waals surface area contributed by atoms with Crippen molar-refractivity contribution in [3.05, 3.63) is 36.1 Å². The third-order valence-electron chi connectivity index (χ3n) is 1.81. The third kappa shape index (κ3) is 1.25. The molecule has 0 spiro atoms. The van der Waals surface area contributed by atoms with Gasteiger partial charge in [-0.2, -0.15) is 0 Å². The van der Waals surface area contributed by atoms with Crippen molar-refractivity contribution >= 4 is 5.91 Å². The molecule has 2 aliphatic rings.